The third kappa shape index (κ3) is 3.25. The zero-order valence-corrected chi connectivity index (χ0v) is 11.9. The van der Waals surface area contributed by atoms with Gasteiger partial charge in [0.1, 0.15) is 0 Å². The molecule has 1 aliphatic rings. The summed E-state index contributed by atoms with van der Waals surface area (Å²) in [4.78, 5) is 26.4. The molecule has 9 nitrogen and oxygen atoms in total. The van der Waals surface area contributed by atoms with Gasteiger partial charge in [-0.15, -0.1) is 0 Å². The van der Waals surface area contributed by atoms with Crippen molar-refractivity contribution < 1.29 is 29.6 Å². The lowest BCUT2D eigenvalue weighted by Gasteiger charge is -2.33. The van der Waals surface area contributed by atoms with Crippen molar-refractivity contribution in [3.05, 3.63) is 12.1 Å². The molecular formula is C13H17N3O6. The zero-order valence-electron chi connectivity index (χ0n) is 11.9. The molecule has 120 valence electrons. The van der Waals surface area contributed by atoms with Gasteiger partial charge < -0.3 is 35.2 Å². The van der Waals surface area contributed by atoms with Crippen molar-refractivity contribution in [2.75, 3.05) is 38.6 Å². The Bertz CT molecular complexity index is 560. The van der Waals surface area contributed by atoms with Crippen LogP contribution in [0.5, 0.6) is 17.2 Å². The first-order valence-corrected chi connectivity index (χ1v) is 6.56. The Hall–Kier alpha value is -2.84. The van der Waals surface area contributed by atoms with Gasteiger partial charge in [0.15, 0.2) is 17.2 Å². The summed E-state index contributed by atoms with van der Waals surface area (Å²) < 4.78 is 4.61. The quantitative estimate of drug-likeness (QED) is 0.448. The van der Waals surface area contributed by atoms with Crippen LogP contribution in [0.1, 0.15) is 0 Å². The number of aromatic hydroxyl groups is 3. The highest BCUT2D eigenvalue weighted by atomic mass is 16.5. The number of urea groups is 1. The van der Waals surface area contributed by atoms with Crippen molar-refractivity contribution in [2.24, 2.45) is 0 Å². The van der Waals surface area contributed by atoms with Crippen LogP contribution in [0, 0.1) is 0 Å². The molecule has 1 aromatic carbocycles. The average Bonchev–Trinajstić information content (AvgIpc) is 2.51. The fraction of sp³-hybridized carbons (Fsp3) is 0.385. The molecule has 0 saturated carbocycles. The molecule has 0 aliphatic carbocycles. The molecule has 0 unspecified atom stereocenters. The molecule has 4 N–H and O–H groups in total. The summed E-state index contributed by atoms with van der Waals surface area (Å²) in [6, 6.07) is 1.81. The molecule has 1 aromatic rings. The number of nitrogens with one attached hydrogen (secondary N) is 1. The zero-order chi connectivity index (χ0) is 16.3. The number of carbonyl (C=O) groups is 2. The number of hydrogen-bond donors (Lipinski definition) is 4. The van der Waals surface area contributed by atoms with E-state index in [2.05, 4.69) is 10.1 Å². The maximum absolute atomic E-state index is 12.1. The molecule has 0 bridgehead atoms. The van der Waals surface area contributed by atoms with E-state index in [0.29, 0.717) is 26.2 Å². The van der Waals surface area contributed by atoms with E-state index >= 15 is 0 Å². The second kappa shape index (κ2) is 6.29. The first kappa shape index (κ1) is 15.5. The van der Waals surface area contributed by atoms with E-state index in [4.69, 9.17) is 0 Å². The number of piperazine rings is 1. The highest BCUT2D eigenvalue weighted by Gasteiger charge is 2.24. The number of nitrogens with zero attached hydrogens (tertiary/aromatic N) is 2. The number of carbonyl (C=O) groups excluding carboxylic acids is 2. The molecule has 0 atom stereocenters. The van der Waals surface area contributed by atoms with Gasteiger partial charge in [-0.1, -0.05) is 0 Å². The van der Waals surface area contributed by atoms with Crippen molar-refractivity contribution in [1.82, 2.24) is 9.80 Å². The minimum absolute atomic E-state index is 0.146. The van der Waals surface area contributed by atoms with Crippen LogP contribution in [0.25, 0.3) is 0 Å². The molecule has 0 aromatic heterocycles. The number of phenolic OH excluding ortho intramolecular Hbond substituents is 3. The van der Waals surface area contributed by atoms with Gasteiger partial charge in [-0.3, -0.25) is 0 Å². The molecule has 2 rings (SSSR count). The molecule has 9 heteroatoms. The summed E-state index contributed by atoms with van der Waals surface area (Å²) in [5.74, 6) is -1.72. The monoisotopic (exact) mass is 311 g/mol. The van der Waals surface area contributed by atoms with Crippen LogP contribution < -0.4 is 5.32 Å². The van der Waals surface area contributed by atoms with Crippen LogP contribution >= 0.6 is 0 Å². The van der Waals surface area contributed by atoms with Crippen LogP contribution in [0.2, 0.25) is 0 Å². The van der Waals surface area contributed by atoms with Gasteiger partial charge in [0.05, 0.1) is 12.8 Å². The minimum atomic E-state index is -0.648. The minimum Gasteiger partial charge on any atom is -0.504 e. The van der Waals surface area contributed by atoms with Gasteiger partial charge in [0.2, 0.25) is 0 Å². The lowest BCUT2D eigenvalue weighted by Crippen LogP contribution is -2.51. The maximum atomic E-state index is 12.1. The predicted octanol–water partition coefficient (Wildman–Crippen LogP) is 0.719. The van der Waals surface area contributed by atoms with Gasteiger partial charge >= 0.3 is 12.1 Å². The summed E-state index contributed by atoms with van der Waals surface area (Å²) >= 11 is 0. The third-order valence-corrected chi connectivity index (χ3v) is 3.32. The Morgan fingerprint density at radius 3 is 2.05 bits per heavy atom. The number of ether oxygens (including phenoxy) is 1. The SMILES string of the molecule is COC(=O)N1CCN(C(=O)Nc2cc(O)c(O)c(O)c2)CC1. The Kier molecular flexibility index (Phi) is 4.44. The third-order valence-electron chi connectivity index (χ3n) is 3.32. The predicted molar refractivity (Wildman–Crippen MR) is 76.0 cm³/mol. The summed E-state index contributed by atoms with van der Waals surface area (Å²) in [5.41, 5.74) is 0.146. The molecular weight excluding hydrogens is 294 g/mol. The number of phenols is 3. The Morgan fingerprint density at radius 2 is 1.55 bits per heavy atom. The van der Waals surface area contributed by atoms with E-state index in [1.807, 2.05) is 0 Å². The van der Waals surface area contributed by atoms with E-state index in [-0.39, 0.29) is 5.69 Å². The average molecular weight is 311 g/mol. The molecule has 0 spiro atoms. The lowest BCUT2D eigenvalue weighted by molar-refractivity contribution is 0.0992. The Balaban J connectivity index is 1.95. The van der Waals surface area contributed by atoms with Gasteiger partial charge in [0, 0.05) is 38.3 Å². The molecule has 1 fully saturated rings. The molecule has 3 amide bonds. The largest absolute Gasteiger partial charge is 0.504 e. The van der Waals surface area contributed by atoms with Crippen LogP contribution in [-0.4, -0.2) is 70.5 Å². The number of methoxy groups -OCH3 is 1. The highest BCUT2D eigenvalue weighted by Crippen LogP contribution is 2.37. The summed E-state index contributed by atoms with van der Waals surface area (Å²) in [5, 5.41) is 30.5. The Labute approximate surface area is 126 Å². The smallest absolute Gasteiger partial charge is 0.409 e. The number of hydrogen-bond acceptors (Lipinski definition) is 6. The van der Waals surface area contributed by atoms with E-state index in [1.165, 1.54) is 16.9 Å². The number of benzene rings is 1. The van der Waals surface area contributed by atoms with E-state index < -0.39 is 29.4 Å². The molecule has 0 radical (unpaired) electrons. The summed E-state index contributed by atoms with van der Waals surface area (Å²) in [6.45, 7) is 1.37. The van der Waals surface area contributed by atoms with Crippen molar-refractivity contribution in [2.45, 2.75) is 0 Å². The second-order valence-corrected chi connectivity index (χ2v) is 4.74. The van der Waals surface area contributed by atoms with Gasteiger partial charge in [-0.2, -0.15) is 0 Å². The topological polar surface area (TPSA) is 123 Å². The number of anilines is 1. The van der Waals surface area contributed by atoms with Gasteiger partial charge in [-0.05, 0) is 0 Å². The molecule has 1 saturated heterocycles. The van der Waals surface area contributed by atoms with E-state index in [0.717, 1.165) is 12.1 Å². The van der Waals surface area contributed by atoms with Crippen LogP contribution in [0.3, 0.4) is 0 Å². The van der Waals surface area contributed by atoms with Crippen molar-refractivity contribution in [3.63, 3.8) is 0 Å². The Morgan fingerprint density at radius 1 is 1.05 bits per heavy atom. The second-order valence-electron chi connectivity index (χ2n) is 4.74. The lowest BCUT2D eigenvalue weighted by atomic mass is 10.2. The highest BCUT2D eigenvalue weighted by molar-refractivity contribution is 5.90. The van der Waals surface area contributed by atoms with Gasteiger partial charge in [0.25, 0.3) is 0 Å². The van der Waals surface area contributed by atoms with Crippen molar-refractivity contribution in [1.29, 1.82) is 0 Å². The fourth-order valence-corrected chi connectivity index (χ4v) is 2.10. The van der Waals surface area contributed by atoms with Crippen LogP contribution in [-0.2, 0) is 4.74 Å². The molecule has 1 heterocycles. The number of amides is 3. The normalized spacial score (nSPS) is 14.6. The van der Waals surface area contributed by atoms with Crippen molar-refractivity contribution in [3.8, 4) is 17.2 Å². The molecule has 1 aliphatic heterocycles. The van der Waals surface area contributed by atoms with Crippen LogP contribution in [0.15, 0.2) is 12.1 Å². The number of rotatable bonds is 1. The van der Waals surface area contributed by atoms with E-state index in [1.54, 1.807) is 0 Å². The fourth-order valence-electron chi connectivity index (χ4n) is 2.10. The maximum Gasteiger partial charge on any atom is 0.409 e. The van der Waals surface area contributed by atoms with Crippen molar-refractivity contribution >= 4 is 17.8 Å². The summed E-state index contributed by atoms with van der Waals surface area (Å²) in [7, 11) is 1.30. The van der Waals surface area contributed by atoms with E-state index in [9.17, 15) is 24.9 Å². The standard InChI is InChI=1S/C13H17N3O6/c1-22-13(21)16-4-2-15(3-5-16)12(20)14-8-6-9(17)11(19)10(18)7-8/h6-7,17-19H,2-5H2,1H3,(H,14,20). The van der Waals surface area contributed by atoms with Gasteiger partial charge in [-0.25, -0.2) is 9.59 Å². The molecule has 22 heavy (non-hydrogen) atoms. The van der Waals surface area contributed by atoms with Crippen LogP contribution in [0.4, 0.5) is 15.3 Å². The first-order chi connectivity index (χ1) is 10.4. The summed E-state index contributed by atoms with van der Waals surface area (Å²) in [6.07, 6.45) is -0.437. The first-order valence-electron chi connectivity index (χ1n) is 6.56.